The second kappa shape index (κ2) is 5.98. The van der Waals surface area contributed by atoms with Gasteiger partial charge in [0.05, 0.1) is 0 Å². The van der Waals surface area contributed by atoms with Gasteiger partial charge >= 0.3 is 0 Å². The largest absolute Gasteiger partial charge is 0.457 e. The maximum Gasteiger partial charge on any atom is 0.128 e. The number of halogens is 1. The average Bonchev–Trinajstić information content (AvgIpc) is 2.37. The highest BCUT2D eigenvalue weighted by atomic mass is 79.9. The smallest absolute Gasteiger partial charge is 0.128 e. The van der Waals surface area contributed by atoms with Crippen LogP contribution in [0.2, 0.25) is 0 Å². The molecule has 2 aromatic carbocycles. The van der Waals surface area contributed by atoms with Crippen LogP contribution in [0.3, 0.4) is 0 Å². The van der Waals surface area contributed by atoms with E-state index in [4.69, 9.17) is 10.5 Å². The number of nitrogens with two attached hydrogens (primary N) is 1. The lowest BCUT2D eigenvalue weighted by molar-refractivity contribution is 0.480. The van der Waals surface area contributed by atoms with Crippen LogP contribution in [0.4, 0.5) is 0 Å². The van der Waals surface area contributed by atoms with E-state index in [9.17, 15) is 0 Å². The summed E-state index contributed by atoms with van der Waals surface area (Å²) in [5.74, 6) is 1.63. The molecule has 0 heterocycles. The molecule has 0 amide bonds. The Morgan fingerprint density at radius 1 is 1.00 bits per heavy atom. The van der Waals surface area contributed by atoms with E-state index in [1.54, 1.807) is 0 Å². The summed E-state index contributed by atoms with van der Waals surface area (Å²) >= 11 is 3.47. The van der Waals surface area contributed by atoms with Crippen molar-refractivity contribution in [3.8, 4) is 11.5 Å². The molecule has 0 radical (unpaired) electrons. The molecule has 0 fully saturated rings. The lowest BCUT2D eigenvalue weighted by Crippen LogP contribution is -2.10. The minimum absolute atomic E-state index is 0.154. The van der Waals surface area contributed by atoms with Gasteiger partial charge in [0, 0.05) is 11.0 Å². The standard InChI is InChI=1S/C17H20BrNO/c1-17(2,3)13-4-6-15(7-5-13)20-16-9-12(11-19)8-14(18)10-16/h4-10H,11,19H2,1-3H3. The fourth-order valence-electron chi connectivity index (χ4n) is 1.96. The van der Waals surface area contributed by atoms with Crippen LogP contribution in [0, 0.1) is 0 Å². The van der Waals surface area contributed by atoms with Gasteiger partial charge in [0.2, 0.25) is 0 Å². The molecule has 0 bridgehead atoms. The first kappa shape index (κ1) is 15.1. The van der Waals surface area contributed by atoms with E-state index in [0.717, 1.165) is 21.5 Å². The maximum absolute atomic E-state index is 5.88. The minimum atomic E-state index is 0.154. The molecule has 0 aliphatic heterocycles. The van der Waals surface area contributed by atoms with Crippen molar-refractivity contribution in [3.05, 3.63) is 58.1 Å². The zero-order chi connectivity index (χ0) is 14.8. The Bertz CT molecular complexity index is 585. The number of hydrogen-bond donors (Lipinski definition) is 1. The summed E-state index contributed by atoms with van der Waals surface area (Å²) in [6.45, 7) is 7.10. The van der Waals surface area contributed by atoms with Crippen LogP contribution in [0.5, 0.6) is 11.5 Å². The zero-order valence-corrected chi connectivity index (χ0v) is 13.7. The molecule has 0 spiro atoms. The van der Waals surface area contributed by atoms with Gasteiger partial charge in [0.1, 0.15) is 11.5 Å². The highest BCUT2D eigenvalue weighted by Crippen LogP contribution is 2.29. The van der Waals surface area contributed by atoms with E-state index >= 15 is 0 Å². The lowest BCUT2D eigenvalue weighted by atomic mass is 9.87. The van der Waals surface area contributed by atoms with Gasteiger partial charge < -0.3 is 10.5 Å². The van der Waals surface area contributed by atoms with E-state index in [1.165, 1.54) is 5.56 Å². The number of benzene rings is 2. The molecule has 106 valence electrons. The molecule has 2 nitrogen and oxygen atoms in total. The fourth-order valence-corrected chi connectivity index (χ4v) is 2.48. The maximum atomic E-state index is 5.88. The summed E-state index contributed by atoms with van der Waals surface area (Å²) in [6.07, 6.45) is 0. The Labute approximate surface area is 129 Å². The van der Waals surface area contributed by atoms with Crippen LogP contribution >= 0.6 is 15.9 Å². The van der Waals surface area contributed by atoms with E-state index in [1.807, 2.05) is 30.3 Å². The predicted octanol–water partition coefficient (Wildman–Crippen LogP) is 5.00. The van der Waals surface area contributed by atoms with Crippen LogP contribution in [-0.4, -0.2) is 0 Å². The highest BCUT2D eigenvalue weighted by Gasteiger charge is 2.13. The molecule has 0 aromatic heterocycles. The van der Waals surface area contributed by atoms with Crippen molar-refractivity contribution in [2.75, 3.05) is 0 Å². The first-order valence-corrected chi connectivity index (χ1v) is 7.46. The second-order valence-electron chi connectivity index (χ2n) is 5.88. The predicted molar refractivity (Wildman–Crippen MR) is 87.2 cm³/mol. The summed E-state index contributed by atoms with van der Waals surface area (Å²) in [6, 6.07) is 14.1. The molecule has 2 N–H and O–H groups in total. The Balaban J connectivity index is 2.20. The van der Waals surface area contributed by atoms with Gasteiger partial charge in [-0.1, -0.05) is 48.8 Å². The molecule has 0 unspecified atom stereocenters. The highest BCUT2D eigenvalue weighted by molar-refractivity contribution is 9.10. The summed E-state index contributed by atoms with van der Waals surface area (Å²) < 4.78 is 6.86. The third-order valence-electron chi connectivity index (χ3n) is 3.12. The van der Waals surface area contributed by atoms with E-state index in [2.05, 4.69) is 48.8 Å². The lowest BCUT2D eigenvalue weighted by Gasteiger charge is -2.19. The third kappa shape index (κ3) is 3.84. The first-order chi connectivity index (χ1) is 9.38. The van der Waals surface area contributed by atoms with E-state index in [-0.39, 0.29) is 5.41 Å². The molecule has 0 atom stereocenters. The fraction of sp³-hybridized carbons (Fsp3) is 0.294. The Morgan fingerprint density at radius 2 is 1.65 bits per heavy atom. The molecule has 2 aromatic rings. The second-order valence-corrected chi connectivity index (χ2v) is 6.79. The van der Waals surface area contributed by atoms with Gasteiger partial charge in [-0.25, -0.2) is 0 Å². The van der Waals surface area contributed by atoms with Crippen molar-refractivity contribution in [2.24, 2.45) is 5.73 Å². The normalized spacial score (nSPS) is 11.4. The van der Waals surface area contributed by atoms with Gasteiger partial charge in [-0.15, -0.1) is 0 Å². The summed E-state index contributed by atoms with van der Waals surface area (Å²) in [4.78, 5) is 0. The minimum Gasteiger partial charge on any atom is -0.457 e. The van der Waals surface area contributed by atoms with E-state index < -0.39 is 0 Å². The number of ether oxygens (including phenoxy) is 1. The zero-order valence-electron chi connectivity index (χ0n) is 12.1. The van der Waals surface area contributed by atoms with Crippen molar-refractivity contribution in [1.29, 1.82) is 0 Å². The van der Waals surface area contributed by atoms with Crippen molar-refractivity contribution in [1.82, 2.24) is 0 Å². The summed E-state index contributed by atoms with van der Waals surface area (Å²) in [5.41, 5.74) is 8.16. The van der Waals surface area contributed by atoms with E-state index in [0.29, 0.717) is 6.54 Å². The summed E-state index contributed by atoms with van der Waals surface area (Å²) in [7, 11) is 0. The topological polar surface area (TPSA) is 35.2 Å². The first-order valence-electron chi connectivity index (χ1n) is 6.66. The molecule has 0 saturated heterocycles. The van der Waals surface area contributed by atoms with Crippen LogP contribution in [0.25, 0.3) is 0 Å². The summed E-state index contributed by atoms with van der Waals surface area (Å²) in [5, 5.41) is 0. The van der Waals surface area contributed by atoms with Gasteiger partial charge in [0.25, 0.3) is 0 Å². The number of rotatable bonds is 3. The van der Waals surface area contributed by atoms with Gasteiger partial charge in [0.15, 0.2) is 0 Å². The molecule has 3 heteroatoms. The van der Waals surface area contributed by atoms with Gasteiger partial charge in [-0.2, -0.15) is 0 Å². The average molecular weight is 334 g/mol. The van der Waals surface area contributed by atoms with Crippen molar-refractivity contribution in [2.45, 2.75) is 32.7 Å². The molecular formula is C17H20BrNO. The van der Waals surface area contributed by atoms with Crippen LogP contribution in [0.15, 0.2) is 46.9 Å². The van der Waals surface area contributed by atoms with Crippen molar-refractivity contribution < 1.29 is 4.74 Å². The molecule has 2 rings (SSSR count). The van der Waals surface area contributed by atoms with Gasteiger partial charge in [-0.3, -0.25) is 0 Å². The number of hydrogen-bond acceptors (Lipinski definition) is 2. The van der Waals surface area contributed by atoms with Crippen molar-refractivity contribution in [3.63, 3.8) is 0 Å². The molecule has 0 saturated carbocycles. The Hall–Kier alpha value is -1.32. The Kier molecular flexibility index (Phi) is 4.51. The van der Waals surface area contributed by atoms with Crippen molar-refractivity contribution >= 4 is 15.9 Å². The monoisotopic (exact) mass is 333 g/mol. The molecular weight excluding hydrogens is 314 g/mol. The SMILES string of the molecule is CC(C)(C)c1ccc(Oc2cc(Br)cc(CN)c2)cc1. The quantitative estimate of drug-likeness (QED) is 0.857. The third-order valence-corrected chi connectivity index (χ3v) is 3.58. The Morgan fingerprint density at radius 3 is 2.20 bits per heavy atom. The van der Waals surface area contributed by atoms with Gasteiger partial charge in [-0.05, 0) is 46.9 Å². The molecule has 0 aliphatic carbocycles. The molecule has 0 aliphatic rings. The van der Waals surface area contributed by atoms with Crippen LogP contribution < -0.4 is 10.5 Å². The van der Waals surface area contributed by atoms with Crippen LogP contribution in [0.1, 0.15) is 31.9 Å². The molecule has 20 heavy (non-hydrogen) atoms. The van der Waals surface area contributed by atoms with Crippen LogP contribution in [-0.2, 0) is 12.0 Å².